The normalized spacial score (nSPS) is 10.3. The Hall–Kier alpha value is -2.79. The molecule has 3 aromatic rings. The second-order valence-corrected chi connectivity index (χ2v) is 5.05. The molecule has 0 N–H and O–H groups in total. The summed E-state index contributed by atoms with van der Waals surface area (Å²) in [5.74, 6) is 0.859. The zero-order chi connectivity index (χ0) is 14.7. The lowest BCUT2D eigenvalue weighted by molar-refractivity contribution is 0.306. The van der Waals surface area contributed by atoms with Gasteiger partial charge in [0.2, 0.25) is 0 Å². The van der Waals surface area contributed by atoms with Crippen molar-refractivity contribution in [3.05, 3.63) is 77.4 Å². The molecular weight excluding hydrogens is 258 g/mol. The smallest absolute Gasteiger partial charge is 0.120 e. The summed E-state index contributed by atoms with van der Waals surface area (Å²) in [6, 6.07) is 22.1. The Labute approximate surface area is 124 Å². The molecule has 2 nitrogen and oxygen atoms in total. The van der Waals surface area contributed by atoms with Crippen LogP contribution < -0.4 is 4.74 Å². The summed E-state index contributed by atoms with van der Waals surface area (Å²) < 4.78 is 5.87. The Morgan fingerprint density at radius 3 is 2.52 bits per heavy atom. The van der Waals surface area contributed by atoms with Crippen molar-refractivity contribution in [2.45, 2.75) is 13.5 Å². The van der Waals surface area contributed by atoms with E-state index in [0.29, 0.717) is 12.2 Å². The molecule has 0 saturated carbocycles. The highest BCUT2D eigenvalue weighted by molar-refractivity contribution is 5.83. The Bertz CT molecular complexity index is 830. The minimum Gasteiger partial charge on any atom is -0.489 e. The highest BCUT2D eigenvalue weighted by Crippen LogP contribution is 2.22. The molecule has 3 aromatic carbocycles. The van der Waals surface area contributed by atoms with Crippen LogP contribution in [0.5, 0.6) is 5.75 Å². The molecule has 0 amide bonds. The molecule has 3 rings (SSSR count). The summed E-state index contributed by atoms with van der Waals surface area (Å²) in [5, 5.41) is 11.3. The van der Waals surface area contributed by atoms with Gasteiger partial charge in [0, 0.05) is 0 Å². The van der Waals surface area contributed by atoms with Crippen LogP contribution >= 0.6 is 0 Å². The molecule has 2 heteroatoms. The van der Waals surface area contributed by atoms with E-state index in [0.717, 1.165) is 16.9 Å². The molecule has 21 heavy (non-hydrogen) atoms. The monoisotopic (exact) mass is 273 g/mol. The van der Waals surface area contributed by atoms with Gasteiger partial charge >= 0.3 is 0 Å². The van der Waals surface area contributed by atoms with Crippen LogP contribution in [-0.4, -0.2) is 0 Å². The number of aryl methyl sites for hydroxylation is 1. The van der Waals surface area contributed by atoms with Gasteiger partial charge < -0.3 is 4.74 Å². The first-order valence-electron chi connectivity index (χ1n) is 6.87. The lowest BCUT2D eigenvalue weighted by Gasteiger charge is -2.10. The fourth-order valence-electron chi connectivity index (χ4n) is 2.35. The van der Waals surface area contributed by atoms with Crippen molar-refractivity contribution in [2.75, 3.05) is 0 Å². The van der Waals surface area contributed by atoms with Gasteiger partial charge in [-0.15, -0.1) is 0 Å². The van der Waals surface area contributed by atoms with E-state index in [2.05, 4.69) is 24.3 Å². The Kier molecular flexibility index (Phi) is 3.57. The van der Waals surface area contributed by atoms with Gasteiger partial charge in [-0.2, -0.15) is 5.26 Å². The number of fused-ring (bicyclic) bond motifs is 1. The first-order valence-corrected chi connectivity index (χ1v) is 6.87. The number of ether oxygens (including phenoxy) is 1. The molecule has 0 aliphatic rings. The molecular formula is C19H15NO. The van der Waals surface area contributed by atoms with Crippen LogP contribution in [0.3, 0.4) is 0 Å². The fraction of sp³-hybridized carbons (Fsp3) is 0.105. The molecule has 0 saturated heterocycles. The first kappa shape index (κ1) is 13.2. The number of nitrogens with zero attached hydrogens (tertiary/aromatic N) is 1. The number of rotatable bonds is 3. The van der Waals surface area contributed by atoms with Gasteiger partial charge in [0.05, 0.1) is 11.6 Å². The van der Waals surface area contributed by atoms with E-state index in [4.69, 9.17) is 10.00 Å². The van der Waals surface area contributed by atoms with Crippen molar-refractivity contribution >= 4 is 10.8 Å². The van der Waals surface area contributed by atoms with Crippen LogP contribution in [0, 0.1) is 18.3 Å². The molecule has 0 bridgehead atoms. The molecule has 0 heterocycles. The molecule has 0 aromatic heterocycles. The maximum absolute atomic E-state index is 8.88. The minimum atomic E-state index is 0.510. The molecule has 0 spiro atoms. The predicted molar refractivity (Wildman–Crippen MR) is 84.2 cm³/mol. The van der Waals surface area contributed by atoms with Crippen LogP contribution in [0.4, 0.5) is 0 Å². The topological polar surface area (TPSA) is 33.0 Å². The highest BCUT2D eigenvalue weighted by atomic mass is 16.5. The second kappa shape index (κ2) is 5.68. The number of hydrogen-bond acceptors (Lipinski definition) is 2. The Morgan fingerprint density at radius 1 is 0.952 bits per heavy atom. The predicted octanol–water partition coefficient (Wildman–Crippen LogP) is 4.60. The Morgan fingerprint density at radius 2 is 1.76 bits per heavy atom. The van der Waals surface area contributed by atoms with Crippen LogP contribution in [-0.2, 0) is 6.61 Å². The maximum Gasteiger partial charge on any atom is 0.120 e. The lowest BCUT2D eigenvalue weighted by Crippen LogP contribution is -1.98. The van der Waals surface area contributed by atoms with E-state index >= 15 is 0 Å². The fourth-order valence-corrected chi connectivity index (χ4v) is 2.35. The number of hydrogen-bond donors (Lipinski definition) is 0. The average molecular weight is 273 g/mol. The van der Waals surface area contributed by atoms with Crippen molar-refractivity contribution in [3.63, 3.8) is 0 Å². The summed E-state index contributed by atoms with van der Waals surface area (Å²) >= 11 is 0. The SMILES string of the molecule is Cc1cc(C#N)ccc1COc1ccc2ccccc2c1. The van der Waals surface area contributed by atoms with Crippen molar-refractivity contribution < 1.29 is 4.74 Å². The molecule has 0 aliphatic carbocycles. The molecule has 0 fully saturated rings. The van der Waals surface area contributed by atoms with Crippen molar-refractivity contribution in [1.29, 1.82) is 5.26 Å². The molecule has 0 atom stereocenters. The van der Waals surface area contributed by atoms with Crippen LogP contribution in [0.25, 0.3) is 10.8 Å². The lowest BCUT2D eigenvalue weighted by atomic mass is 10.1. The third-order valence-corrected chi connectivity index (χ3v) is 3.59. The summed E-state index contributed by atoms with van der Waals surface area (Å²) in [7, 11) is 0. The summed E-state index contributed by atoms with van der Waals surface area (Å²) in [5.41, 5.74) is 2.86. The quantitative estimate of drug-likeness (QED) is 0.698. The summed E-state index contributed by atoms with van der Waals surface area (Å²) in [6.45, 7) is 2.51. The third kappa shape index (κ3) is 2.88. The van der Waals surface area contributed by atoms with E-state index in [9.17, 15) is 0 Å². The van der Waals surface area contributed by atoms with Crippen molar-refractivity contribution in [3.8, 4) is 11.8 Å². The van der Waals surface area contributed by atoms with E-state index in [1.807, 2.05) is 49.4 Å². The van der Waals surface area contributed by atoms with Crippen molar-refractivity contribution in [1.82, 2.24) is 0 Å². The van der Waals surface area contributed by atoms with E-state index < -0.39 is 0 Å². The summed E-state index contributed by atoms with van der Waals surface area (Å²) in [4.78, 5) is 0. The van der Waals surface area contributed by atoms with Crippen molar-refractivity contribution in [2.24, 2.45) is 0 Å². The maximum atomic E-state index is 8.88. The van der Waals surface area contributed by atoms with Gasteiger partial charge in [-0.1, -0.05) is 36.4 Å². The number of benzene rings is 3. The van der Waals surface area contributed by atoms with Crippen LogP contribution in [0.1, 0.15) is 16.7 Å². The first-order chi connectivity index (χ1) is 10.3. The van der Waals surface area contributed by atoms with Gasteiger partial charge in [0.15, 0.2) is 0 Å². The van der Waals surface area contributed by atoms with Gasteiger partial charge in [0.1, 0.15) is 12.4 Å². The van der Waals surface area contributed by atoms with E-state index in [-0.39, 0.29) is 0 Å². The van der Waals surface area contributed by atoms with Crippen LogP contribution in [0.15, 0.2) is 60.7 Å². The largest absolute Gasteiger partial charge is 0.489 e. The van der Waals surface area contributed by atoms with E-state index in [1.54, 1.807) is 0 Å². The zero-order valence-corrected chi connectivity index (χ0v) is 11.8. The molecule has 0 radical (unpaired) electrons. The number of nitriles is 1. The minimum absolute atomic E-state index is 0.510. The Balaban J connectivity index is 1.78. The highest BCUT2D eigenvalue weighted by Gasteiger charge is 2.02. The summed E-state index contributed by atoms with van der Waals surface area (Å²) in [6.07, 6.45) is 0. The molecule has 102 valence electrons. The van der Waals surface area contributed by atoms with Gasteiger partial charge in [0.25, 0.3) is 0 Å². The third-order valence-electron chi connectivity index (χ3n) is 3.59. The molecule has 0 unspecified atom stereocenters. The average Bonchev–Trinajstić information content (AvgIpc) is 2.53. The standard InChI is InChI=1S/C19H15NO/c1-14-10-15(12-20)6-7-18(14)13-21-19-9-8-16-4-2-3-5-17(16)11-19/h2-11H,13H2,1H3. The molecule has 0 aliphatic heterocycles. The van der Waals surface area contributed by atoms with Crippen LogP contribution in [0.2, 0.25) is 0 Å². The zero-order valence-electron chi connectivity index (χ0n) is 11.8. The van der Waals surface area contributed by atoms with Gasteiger partial charge in [-0.3, -0.25) is 0 Å². The van der Waals surface area contributed by atoms with Gasteiger partial charge in [-0.05, 0) is 53.1 Å². The van der Waals surface area contributed by atoms with E-state index in [1.165, 1.54) is 10.8 Å². The second-order valence-electron chi connectivity index (χ2n) is 5.05. The van der Waals surface area contributed by atoms with Gasteiger partial charge in [-0.25, -0.2) is 0 Å².